The SMILES string of the molecule is CN1CCCCn2cc(C(=O)NCC3=C(F)C=C(F)CC=C3F)c(=O)c(O)c2C1=O. The van der Waals surface area contributed by atoms with Gasteiger partial charge in [0.15, 0.2) is 11.4 Å². The van der Waals surface area contributed by atoms with Crippen LogP contribution in [0.5, 0.6) is 5.75 Å². The van der Waals surface area contributed by atoms with Crippen LogP contribution in [0.15, 0.2) is 46.2 Å². The second-order valence-corrected chi connectivity index (χ2v) is 7.05. The molecule has 160 valence electrons. The summed E-state index contributed by atoms with van der Waals surface area (Å²) in [6.45, 7) is 0.119. The lowest BCUT2D eigenvalue weighted by atomic mass is 10.1. The smallest absolute Gasteiger partial charge is 0.274 e. The number of fused-ring (bicyclic) bond motifs is 1. The normalized spacial score (nSPS) is 17.5. The second kappa shape index (κ2) is 8.60. The zero-order chi connectivity index (χ0) is 22.0. The Labute approximate surface area is 169 Å². The number of aromatic nitrogens is 1. The lowest BCUT2D eigenvalue weighted by Gasteiger charge is -2.24. The third-order valence-electron chi connectivity index (χ3n) is 4.95. The lowest BCUT2D eigenvalue weighted by molar-refractivity contribution is 0.0765. The van der Waals surface area contributed by atoms with Gasteiger partial charge in [0.2, 0.25) is 5.43 Å². The van der Waals surface area contributed by atoms with Crippen LogP contribution in [0.1, 0.15) is 40.1 Å². The summed E-state index contributed by atoms with van der Waals surface area (Å²) in [6.07, 6.45) is 3.43. The molecular weight excluding hydrogens is 403 g/mol. The number of carbonyl (C=O) groups is 2. The summed E-state index contributed by atoms with van der Waals surface area (Å²) in [6, 6.07) is 0. The van der Waals surface area contributed by atoms with Gasteiger partial charge < -0.3 is 19.9 Å². The van der Waals surface area contributed by atoms with Crippen molar-refractivity contribution in [3.8, 4) is 5.75 Å². The first kappa shape index (κ1) is 21.4. The van der Waals surface area contributed by atoms with Gasteiger partial charge in [-0.2, -0.15) is 0 Å². The highest BCUT2D eigenvalue weighted by molar-refractivity contribution is 5.98. The Morgan fingerprint density at radius 2 is 1.90 bits per heavy atom. The molecule has 0 spiro atoms. The molecule has 7 nitrogen and oxygen atoms in total. The monoisotopic (exact) mass is 423 g/mol. The Bertz CT molecular complexity index is 1060. The van der Waals surface area contributed by atoms with E-state index in [1.54, 1.807) is 0 Å². The van der Waals surface area contributed by atoms with Crippen molar-refractivity contribution in [2.24, 2.45) is 0 Å². The number of rotatable bonds is 3. The van der Waals surface area contributed by atoms with Crippen molar-refractivity contribution >= 4 is 11.8 Å². The van der Waals surface area contributed by atoms with Crippen LogP contribution in [0.2, 0.25) is 0 Å². The van der Waals surface area contributed by atoms with E-state index in [-0.39, 0.29) is 5.69 Å². The summed E-state index contributed by atoms with van der Waals surface area (Å²) >= 11 is 0. The predicted molar refractivity (Wildman–Crippen MR) is 102 cm³/mol. The fourth-order valence-electron chi connectivity index (χ4n) is 3.27. The number of nitrogens with zero attached hydrogens (tertiary/aromatic N) is 2. The Hall–Kier alpha value is -3.30. The van der Waals surface area contributed by atoms with E-state index >= 15 is 0 Å². The lowest BCUT2D eigenvalue weighted by Crippen LogP contribution is -2.36. The molecule has 0 aromatic carbocycles. The van der Waals surface area contributed by atoms with Gasteiger partial charge >= 0.3 is 0 Å². The number of aromatic hydroxyl groups is 1. The van der Waals surface area contributed by atoms with E-state index in [1.807, 2.05) is 0 Å². The third-order valence-corrected chi connectivity index (χ3v) is 4.95. The van der Waals surface area contributed by atoms with Crippen LogP contribution in [-0.4, -0.2) is 46.5 Å². The van der Waals surface area contributed by atoms with Gasteiger partial charge in [-0.3, -0.25) is 14.4 Å². The molecule has 0 saturated heterocycles. The van der Waals surface area contributed by atoms with Crippen molar-refractivity contribution in [2.45, 2.75) is 25.8 Å². The number of aryl methyl sites for hydroxylation is 1. The van der Waals surface area contributed by atoms with Crippen molar-refractivity contribution in [3.05, 3.63) is 62.9 Å². The third kappa shape index (κ3) is 4.17. The van der Waals surface area contributed by atoms with Crippen molar-refractivity contribution in [1.82, 2.24) is 14.8 Å². The van der Waals surface area contributed by atoms with Crippen molar-refractivity contribution < 1.29 is 27.9 Å². The van der Waals surface area contributed by atoms with Gasteiger partial charge in [0.05, 0.1) is 0 Å². The minimum atomic E-state index is -1.18. The number of pyridine rings is 1. The summed E-state index contributed by atoms with van der Waals surface area (Å²) in [5.41, 5.74) is -2.33. The summed E-state index contributed by atoms with van der Waals surface area (Å²) in [5, 5.41) is 12.5. The van der Waals surface area contributed by atoms with E-state index in [9.17, 15) is 32.7 Å². The van der Waals surface area contributed by atoms with Crippen LogP contribution in [0.3, 0.4) is 0 Å². The first-order valence-electron chi connectivity index (χ1n) is 9.31. The molecule has 0 unspecified atom stereocenters. The number of allylic oxidation sites excluding steroid dienone is 4. The Morgan fingerprint density at radius 3 is 2.63 bits per heavy atom. The number of hydrogen-bond acceptors (Lipinski definition) is 4. The molecule has 0 saturated carbocycles. The molecule has 0 atom stereocenters. The molecule has 10 heteroatoms. The van der Waals surface area contributed by atoms with Crippen LogP contribution < -0.4 is 10.7 Å². The first-order valence-corrected chi connectivity index (χ1v) is 9.31. The number of amides is 2. The van der Waals surface area contributed by atoms with E-state index in [1.165, 1.54) is 16.5 Å². The van der Waals surface area contributed by atoms with Crippen LogP contribution in [0.25, 0.3) is 0 Å². The van der Waals surface area contributed by atoms with E-state index < -0.39 is 64.6 Å². The molecule has 3 rings (SSSR count). The topological polar surface area (TPSA) is 91.6 Å². The largest absolute Gasteiger partial charge is 0.503 e. The Kier molecular flexibility index (Phi) is 6.14. The number of hydrogen-bond donors (Lipinski definition) is 2. The Morgan fingerprint density at radius 1 is 1.20 bits per heavy atom. The highest BCUT2D eigenvalue weighted by Crippen LogP contribution is 2.25. The fraction of sp³-hybridized carbons (Fsp3) is 0.350. The van der Waals surface area contributed by atoms with E-state index in [2.05, 4.69) is 5.32 Å². The zero-order valence-corrected chi connectivity index (χ0v) is 16.2. The molecule has 1 aromatic heterocycles. The maximum Gasteiger partial charge on any atom is 0.274 e. The molecule has 0 radical (unpaired) electrons. The maximum absolute atomic E-state index is 14.0. The number of carbonyl (C=O) groups excluding carboxylic acids is 2. The fourth-order valence-corrected chi connectivity index (χ4v) is 3.27. The van der Waals surface area contributed by atoms with Gasteiger partial charge in [-0.25, -0.2) is 13.2 Å². The van der Waals surface area contributed by atoms with Gasteiger partial charge in [-0.05, 0) is 18.9 Å². The number of halogens is 3. The van der Waals surface area contributed by atoms with Crippen molar-refractivity contribution in [1.29, 1.82) is 0 Å². The van der Waals surface area contributed by atoms with Crippen LogP contribution >= 0.6 is 0 Å². The predicted octanol–water partition coefficient (Wildman–Crippen LogP) is 2.48. The molecule has 1 aromatic rings. The molecule has 2 amide bonds. The molecule has 0 fully saturated rings. The molecule has 30 heavy (non-hydrogen) atoms. The minimum Gasteiger partial charge on any atom is -0.503 e. The highest BCUT2D eigenvalue weighted by atomic mass is 19.1. The van der Waals surface area contributed by atoms with Gasteiger partial charge in [0.25, 0.3) is 11.8 Å². The standard InChI is InChI=1S/C20H20F3N3O4/c1-25-6-2-3-7-26-10-13(17(27)18(28)16(26)20(25)30)19(29)24-9-12-14(22)5-4-11(21)8-15(12)23/h5,8,10,28H,2-4,6-7,9H2,1H3,(H,24,29). The summed E-state index contributed by atoms with van der Waals surface area (Å²) in [7, 11) is 1.54. The zero-order valence-electron chi connectivity index (χ0n) is 16.2. The molecular formula is C20H20F3N3O4. The van der Waals surface area contributed by atoms with Crippen LogP contribution in [0, 0.1) is 0 Å². The molecule has 2 aliphatic rings. The van der Waals surface area contributed by atoms with Gasteiger partial charge in [0.1, 0.15) is 23.0 Å². The highest BCUT2D eigenvalue weighted by Gasteiger charge is 2.27. The molecule has 2 heterocycles. The maximum atomic E-state index is 14.0. The number of nitrogens with one attached hydrogen (secondary N) is 1. The van der Waals surface area contributed by atoms with Crippen LogP contribution in [0.4, 0.5) is 13.2 Å². The van der Waals surface area contributed by atoms with Gasteiger partial charge in [-0.1, -0.05) is 0 Å². The van der Waals surface area contributed by atoms with E-state index in [0.29, 0.717) is 32.0 Å². The van der Waals surface area contributed by atoms with E-state index in [4.69, 9.17) is 0 Å². The Balaban J connectivity index is 1.91. The summed E-state index contributed by atoms with van der Waals surface area (Å²) in [4.78, 5) is 38.8. The average Bonchev–Trinajstić information content (AvgIpc) is 2.81. The van der Waals surface area contributed by atoms with Gasteiger partial charge in [0, 0.05) is 50.9 Å². The minimum absolute atomic E-state index is 0.217. The first-order chi connectivity index (χ1) is 14.2. The average molecular weight is 423 g/mol. The molecule has 1 aliphatic carbocycles. The van der Waals surface area contributed by atoms with Gasteiger partial charge in [-0.15, -0.1) is 0 Å². The molecule has 1 aliphatic heterocycles. The second-order valence-electron chi connectivity index (χ2n) is 7.05. The molecule has 0 bridgehead atoms. The molecule has 2 N–H and O–H groups in total. The van der Waals surface area contributed by atoms with E-state index in [0.717, 1.165) is 12.3 Å². The summed E-state index contributed by atoms with van der Waals surface area (Å²) in [5.74, 6) is -5.48. The quantitative estimate of drug-likeness (QED) is 0.782. The van der Waals surface area contributed by atoms with Crippen LogP contribution in [-0.2, 0) is 6.54 Å². The van der Waals surface area contributed by atoms with Crippen molar-refractivity contribution in [3.63, 3.8) is 0 Å². The summed E-state index contributed by atoms with van der Waals surface area (Å²) < 4.78 is 42.6. The van der Waals surface area contributed by atoms with Crippen molar-refractivity contribution in [2.75, 3.05) is 20.1 Å².